The first-order valence-corrected chi connectivity index (χ1v) is 7.10. The van der Waals surface area contributed by atoms with Crippen molar-refractivity contribution >= 4 is 5.91 Å². The van der Waals surface area contributed by atoms with Crippen LogP contribution in [0.5, 0.6) is 5.75 Å². The van der Waals surface area contributed by atoms with Crippen LogP contribution in [0.3, 0.4) is 0 Å². The molecule has 0 atom stereocenters. The molecule has 0 fully saturated rings. The van der Waals surface area contributed by atoms with Crippen LogP contribution in [-0.4, -0.2) is 46.1 Å². The smallest absolute Gasteiger partial charge is 0.254 e. The van der Waals surface area contributed by atoms with Gasteiger partial charge in [-0.15, -0.1) is 0 Å². The predicted molar refractivity (Wildman–Crippen MR) is 82.9 cm³/mol. The number of methoxy groups -OCH3 is 1. The molecule has 0 saturated carbocycles. The monoisotopic (exact) mass is 303 g/mol. The van der Waals surface area contributed by atoms with Gasteiger partial charge in [-0.2, -0.15) is 0 Å². The number of nitrogens with one attached hydrogen (secondary N) is 1. The van der Waals surface area contributed by atoms with Gasteiger partial charge in [0.25, 0.3) is 5.91 Å². The minimum absolute atomic E-state index is 0.0928. The SMILES string of the molecule is COc1ccc(C(=O)N(CCO)Cc2nc[nH]c2C)c(C)c1. The molecule has 2 aromatic rings. The van der Waals surface area contributed by atoms with E-state index in [4.69, 9.17) is 4.74 Å². The lowest BCUT2D eigenvalue weighted by molar-refractivity contribution is 0.0704. The van der Waals surface area contributed by atoms with Crippen molar-refractivity contribution in [2.24, 2.45) is 0 Å². The Morgan fingerprint density at radius 2 is 2.18 bits per heavy atom. The number of aromatic nitrogens is 2. The Hall–Kier alpha value is -2.34. The van der Waals surface area contributed by atoms with Crippen molar-refractivity contribution in [3.05, 3.63) is 47.0 Å². The third-order valence-corrected chi connectivity index (χ3v) is 3.60. The van der Waals surface area contributed by atoms with Gasteiger partial charge in [0.05, 0.1) is 32.3 Å². The lowest BCUT2D eigenvalue weighted by Gasteiger charge is -2.22. The molecule has 1 amide bonds. The summed E-state index contributed by atoms with van der Waals surface area (Å²) in [6.45, 7) is 4.30. The zero-order chi connectivity index (χ0) is 16.1. The molecule has 2 rings (SSSR count). The molecule has 0 aliphatic rings. The molecule has 1 heterocycles. The molecule has 22 heavy (non-hydrogen) atoms. The molecule has 6 heteroatoms. The minimum Gasteiger partial charge on any atom is -0.497 e. The van der Waals surface area contributed by atoms with Crippen molar-refractivity contribution < 1.29 is 14.6 Å². The van der Waals surface area contributed by atoms with E-state index >= 15 is 0 Å². The highest BCUT2D eigenvalue weighted by Crippen LogP contribution is 2.19. The first-order valence-electron chi connectivity index (χ1n) is 7.10. The van der Waals surface area contributed by atoms with Crippen molar-refractivity contribution in [2.75, 3.05) is 20.3 Å². The molecule has 0 aliphatic heterocycles. The number of aliphatic hydroxyl groups is 1. The highest BCUT2D eigenvalue weighted by molar-refractivity contribution is 5.95. The van der Waals surface area contributed by atoms with Crippen molar-refractivity contribution in [2.45, 2.75) is 20.4 Å². The van der Waals surface area contributed by atoms with E-state index in [1.165, 1.54) is 0 Å². The molecule has 1 aromatic carbocycles. The van der Waals surface area contributed by atoms with Crippen LogP contribution in [0.2, 0.25) is 0 Å². The summed E-state index contributed by atoms with van der Waals surface area (Å²) in [6, 6.07) is 5.33. The van der Waals surface area contributed by atoms with E-state index in [0.717, 1.165) is 17.0 Å². The van der Waals surface area contributed by atoms with E-state index in [1.54, 1.807) is 30.5 Å². The maximum atomic E-state index is 12.7. The summed E-state index contributed by atoms with van der Waals surface area (Å²) in [5.74, 6) is 0.586. The van der Waals surface area contributed by atoms with E-state index in [9.17, 15) is 9.90 Å². The molecule has 118 valence electrons. The summed E-state index contributed by atoms with van der Waals surface area (Å²) < 4.78 is 5.16. The number of imidazole rings is 1. The number of hydrogen-bond donors (Lipinski definition) is 2. The predicted octanol–water partition coefficient (Wildman–Crippen LogP) is 1.67. The Bertz CT molecular complexity index is 652. The molecular formula is C16H21N3O3. The van der Waals surface area contributed by atoms with E-state index in [0.29, 0.717) is 17.9 Å². The van der Waals surface area contributed by atoms with E-state index < -0.39 is 0 Å². The molecule has 0 aliphatic carbocycles. The number of benzene rings is 1. The summed E-state index contributed by atoms with van der Waals surface area (Å²) in [6.07, 6.45) is 1.60. The van der Waals surface area contributed by atoms with Gasteiger partial charge in [0.15, 0.2) is 0 Å². The fourth-order valence-electron chi connectivity index (χ4n) is 2.27. The Labute approximate surface area is 129 Å². The second kappa shape index (κ2) is 7.09. The molecule has 1 aromatic heterocycles. The van der Waals surface area contributed by atoms with Crippen molar-refractivity contribution in [3.63, 3.8) is 0 Å². The lowest BCUT2D eigenvalue weighted by atomic mass is 10.1. The van der Waals surface area contributed by atoms with Crippen molar-refractivity contribution in [1.82, 2.24) is 14.9 Å². The van der Waals surface area contributed by atoms with Gasteiger partial charge < -0.3 is 19.7 Å². The Morgan fingerprint density at radius 3 is 2.73 bits per heavy atom. The largest absolute Gasteiger partial charge is 0.497 e. The van der Waals surface area contributed by atoms with Gasteiger partial charge in [-0.1, -0.05) is 0 Å². The Balaban J connectivity index is 2.24. The number of nitrogens with zero attached hydrogens (tertiary/aromatic N) is 2. The molecule has 0 radical (unpaired) electrons. The number of aromatic amines is 1. The zero-order valence-electron chi connectivity index (χ0n) is 13.1. The summed E-state index contributed by atoms with van der Waals surface area (Å²) in [5, 5.41) is 9.24. The Kier molecular flexibility index (Phi) is 5.16. The van der Waals surface area contributed by atoms with Crippen LogP contribution in [0.4, 0.5) is 0 Å². The molecule has 6 nitrogen and oxygen atoms in total. The summed E-state index contributed by atoms with van der Waals surface area (Å²) >= 11 is 0. The molecule has 2 N–H and O–H groups in total. The highest BCUT2D eigenvalue weighted by atomic mass is 16.5. The zero-order valence-corrected chi connectivity index (χ0v) is 13.1. The number of rotatable bonds is 6. The fraction of sp³-hybridized carbons (Fsp3) is 0.375. The van der Waals surface area contributed by atoms with Crippen LogP contribution in [0.15, 0.2) is 24.5 Å². The van der Waals surface area contributed by atoms with Gasteiger partial charge in [0.2, 0.25) is 0 Å². The van der Waals surface area contributed by atoms with E-state index in [1.807, 2.05) is 19.9 Å². The molecular weight excluding hydrogens is 282 g/mol. The van der Waals surface area contributed by atoms with Crippen LogP contribution in [-0.2, 0) is 6.54 Å². The number of aliphatic hydroxyl groups excluding tert-OH is 1. The van der Waals surface area contributed by atoms with Crippen LogP contribution in [0.1, 0.15) is 27.3 Å². The molecule has 0 spiro atoms. The fourth-order valence-corrected chi connectivity index (χ4v) is 2.27. The maximum Gasteiger partial charge on any atom is 0.254 e. The Morgan fingerprint density at radius 1 is 1.41 bits per heavy atom. The number of aryl methyl sites for hydroxylation is 2. The molecule has 0 saturated heterocycles. The van der Waals surface area contributed by atoms with Gasteiger partial charge in [0, 0.05) is 17.8 Å². The van der Waals surface area contributed by atoms with E-state index in [-0.39, 0.29) is 19.1 Å². The third kappa shape index (κ3) is 3.46. The summed E-state index contributed by atoms with van der Waals surface area (Å²) in [5.41, 5.74) is 3.16. The van der Waals surface area contributed by atoms with Crippen LogP contribution < -0.4 is 4.74 Å². The average molecular weight is 303 g/mol. The van der Waals surface area contributed by atoms with Gasteiger partial charge in [-0.25, -0.2) is 4.98 Å². The first kappa shape index (κ1) is 16.0. The van der Waals surface area contributed by atoms with Gasteiger partial charge in [-0.3, -0.25) is 4.79 Å². The maximum absolute atomic E-state index is 12.7. The van der Waals surface area contributed by atoms with Gasteiger partial charge in [0.1, 0.15) is 5.75 Å². The van der Waals surface area contributed by atoms with Crippen LogP contribution in [0.25, 0.3) is 0 Å². The third-order valence-electron chi connectivity index (χ3n) is 3.60. The standard InChI is InChI=1S/C16H21N3O3/c1-11-8-13(22-3)4-5-14(11)16(21)19(6-7-20)9-15-12(2)17-10-18-15/h4-5,8,10,20H,6-7,9H2,1-3H3,(H,17,18). The molecule has 0 bridgehead atoms. The summed E-state index contributed by atoms with van der Waals surface area (Å²) in [7, 11) is 1.59. The number of hydrogen-bond acceptors (Lipinski definition) is 4. The number of carbonyl (C=O) groups excluding carboxylic acids is 1. The quantitative estimate of drug-likeness (QED) is 0.851. The van der Waals surface area contributed by atoms with Gasteiger partial charge in [-0.05, 0) is 37.6 Å². The lowest BCUT2D eigenvalue weighted by Crippen LogP contribution is -2.33. The van der Waals surface area contributed by atoms with Gasteiger partial charge >= 0.3 is 0 Å². The second-order valence-corrected chi connectivity index (χ2v) is 5.11. The van der Waals surface area contributed by atoms with Crippen molar-refractivity contribution in [3.8, 4) is 5.75 Å². The van der Waals surface area contributed by atoms with E-state index in [2.05, 4.69) is 9.97 Å². The summed E-state index contributed by atoms with van der Waals surface area (Å²) in [4.78, 5) is 21.5. The van der Waals surface area contributed by atoms with Crippen LogP contribution >= 0.6 is 0 Å². The number of amides is 1. The molecule has 0 unspecified atom stereocenters. The number of carbonyl (C=O) groups is 1. The normalized spacial score (nSPS) is 10.5. The number of H-pyrrole nitrogens is 1. The second-order valence-electron chi connectivity index (χ2n) is 5.11. The first-order chi connectivity index (χ1) is 10.6. The van der Waals surface area contributed by atoms with Crippen molar-refractivity contribution in [1.29, 1.82) is 0 Å². The highest BCUT2D eigenvalue weighted by Gasteiger charge is 2.19. The average Bonchev–Trinajstić information content (AvgIpc) is 2.91. The minimum atomic E-state index is -0.128. The topological polar surface area (TPSA) is 78.4 Å². The number of ether oxygens (including phenoxy) is 1. The van der Waals surface area contributed by atoms with Crippen LogP contribution in [0, 0.1) is 13.8 Å².